The first-order valence-corrected chi connectivity index (χ1v) is 7.85. The van der Waals surface area contributed by atoms with Gasteiger partial charge in [-0.2, -0.15) is 8.78 Å². The van der Waals surface area contributed by atoms with E-state index >= 15 is 0 Å². The summed E-state index contributed by atoms with van der Waals surface area (Å²) in [5, 5.41) is 0.923. The van der Waals surface area contributed by atoms with Crippen LogP contribution in [0.15, 0.2) is 24.3 Å². The Bertz CT molecular complexity index is 463. The molecule has 0 aromatic heterocycles. The second kappa shape index (κ2) is 7.70. The molecule has 1 heterocycles. The minimum Gasteiger partial charge on any atom is -0.435 e. The number of benzene rings is 1. The first-order valence-electron chi connectivity index (χ1n) is 6.72. The van der Waals surface area contributed by atoms with Crippen molar-refractivity contribution in [2.24, 2.45) is 0 Å². The van der Waals surface area contributed by atoms with Crippen LogP contribution in [0.2, 0.25) is 0 Å². The molecular weight excluding hydrogens is 346 g/mol. The van der Waals surface area contributed by atoms with Gasteiger partial charge in [0.15, 0.2) is 0 Å². The average Bonchev–Trinajstić information content (AvgIpc) is 2.48. The summed E-state index contributed by atoms with van der Waals surface area (Å²) in [5.74, 6) is -0.0132. The SMILES string of the molecule is O=C(c1ccc(OC(F)F)cc1)N1CCN(CCBr)CC1. The standard InChI is InChI=1S/C14H17BrF2N2O2/c15-5-6-18-7-9-19(10-8-18)13(20)11-1-3-12(4-2-11)21-14(16)17/h1-4,14H,5-10H2. The summed E-state index contributed by atoms with van der Waals surface area (Å²) in [7, 11) is 0. The fourth-order valence-corrected chi connectivity index (χ4v) is 2.76. The van der Waals surface area contributed by atoms with Gasteiger partial charge in [0.25, 0.3) is 5.91 Å². The fourth-order valence-electron chi connectivity index (χ4n) is 2.26. The van der Waals surface area contributed by atoms with Crippen LogP contribution in [0.5, 0.6) is 5.75 Å². The molecular formula is C14H17BrF2N2O2. The van der Waals surface area contributed by atoms with E-state index in [2.05, 4.69) is 25.6 Å². The van der Waals surface area contributed by atoms with Crippen LogP contribution in [-0.2, 0) is 0 Å². The van der Waals surface area contributed by atoms with Gasteiger partial charge >= 0.3 is 6.61 Å². The second-order valence-corrected chi connectivity index (χ2v) is 5.52. The third kappa shape index (κ3) is 4.64. The molecule has 0 spiro atoms. The molecule has 0 N–H and O–H groups in total. The maximum Gasteiger partial charge on any atom is 0.387 e. The number of amides is 1. The van der Waals surface area contributed by atoms with E-state index in [9.17, 15) is 13.6 Å². The molecule has 1 aromatic rings. The Morgan fingerprint density at radius 3 is 2.33 bits per heavy atom. The number of piperazine rings is 1. The van der Waals surface area contributed by atoms with Crippen molar-refractivity contribution in [2.75, 3.05) is 38.1 Å². The number of carbonyl (C=O) groups excluding carboxylic acids is 1. The van der Waals surface area contributed by atoms with Gasteiger partial charge in [0, 0.05) is 43.6 Å². The maximum absolute atomic E-state index is 12.3. The highest BCUT2D eigenvalue weighted by Gasteiger charge is 2.21. The van der Waals surface area contributed by atoms with Crippen molar-refractivity contribution >= 4 is 21.8 Å². The van der Waals surface area contributed by atoms with Crippen LogP contribution < -0.4 is 4.74 Å². The van der Waals surface area contributed by atoms with Gasteiger partial charge in [-0.1, -0.05) is 15.9 Å². The Balaban J connectivity index is 1.91. The summed E-state index contributed by atoms with van der Waals surface area (Å²) < 4.78 is 28.4. The van der Waals surface area contributed by atoms with Crippen LogP contribution in [0.25, 0.3) is 0 Å². The minimum atomic E-state index is -2.85. The molecule has 1 aliphatic heterocycles. The molecule has 0 bridgehead atoms. The molecule has 0 aliphatic carbocycles. The maximum atomic E-state index is 12.3. The predicted octanol–water partition coefficient (Wildman–Crippen LogP) is 2.44. The van der Waals surface area contributed by atoms with E-state index in [1.807, 2.05) is 0 Å². The van der Waals surface area contributed by atoms with Gasteiger partial charge in [0.2, 0.25) is 0 Å². The van der Waals surface area contributed by atoms with E-state index in [0.29, 0.717) is 18.7 Å². The van der Waals surface area contributed by atoms with Crippen LogP contribution in [0.3, 0.4) is 0 Å². The van der Waals surface area contributed by atoms with Crippen LogP contribution in [0.1, 0.15) is 10.4 Å². The summed E-state index contributed by atoms with van der Waals surface area (Å²) in [6.45, 7) is 1.19. The van der Waals surface area contributed by atoms with Gasteiger partial charge in [-0.3, -0.25) is 9.69 Å². The lowest BCUT2D eigenvalue weighted by Gasteiger charge is -2.34. The highest BCUT2D eigenvalue weighted by Crippen LogP contribution is 2.16. The van der Waals surface area contributed by atoms with Crippen molar-refractivity contribution in [1.29, 1.82) is 0 Å². The number of ether oxygens (including phenoxy) is 1. The number of rotatable bonds is 5. The summed E-state index contributed by atoms with van der Waals surface area (Å²) in [6, 6.07) is 5.82. The lowest BCUT2D eigenvalue weighted by atomic mass is 10.1. The summed E-state index contributed by atoms with van der Waals surface area (Å²) in [5.41, 5.74) is 0.491. The zero-order chi connectivity index (χ0) is 15.2. The highest BCUT2D eigenvalue weighted by molar-refractivity contribution is 9.09. The van der Waals surface area contributed by atoms with E-state index in [1.165, 1.54) is 24.3 Å². The number of alkyl halides is 3. The molecule has 0 atom stereocenters. The lowest BCUT2D eigenvalue weighted by Crippen LogP contribution is -2.49. The van der Waals surface area contributed by atoms with Crippen molar-refractivity contribution in [3.05, 3.63) is 29.8 Å². The Labute approximate surface area is 130 Å². The van der Waals surface area contributed by atoms with Crippen molar-refractivity contribution in [2.45, 2.75) is 6.61 Å². The number of halogens is 3. The number of nitrogens with zero attached hydrogens (tertiary/aromatic N) is 2. The van der Waals surface area contributed by atoms with E-state index < -0.39 is 6.61 Å². The van der Waals surface area contributed by atoms with E-state index in [1.54, 1.807) is 4.90 Å². The quantitative estimate of drug-likeness (QED) is 0.754. The Morgan fingerprint density at radius 1 is 1.19 bits per heavy atom. The molecule has 0 unspecified atom stereocenters. The van der Waals surface area contributed by atoms with E-state index in [0.717, 1.165) is 25.0 Å². The average molecular weight is 363 g/mol. The Hall–Kier alpha value is -1.21. The van der Waals surface area contributed by atoms with Gasteiger partial charge in [0.05, 0.1) is 0 Å². The number of carbonyl (C=O) groups is 1. The van der Waals surface area contributed by atoms with Crippen LogP contribution >= 0.6 is 15.9 Å². The molecule has 1 aliphatic rings. The molecule has 4 nitrogen and oxygen atoms in total. The minimum absolute atomic E-state index is 0.0590. The molecule has 1 fully saturated rings. The first kappa shape index (κ1) is 16.2. The number of hydrogen-bond donors (Lipinski definition) is 0. The fraction of sp³-hybridized carbons (Fsp3) is 0.500. The zero-order valence-corrected chi connectivity index (χ0v) is 13.1. The topological polar surface area (TPSA) is 32.8 Å². The van der Waals surface area contributed by atoms with Gasteiger partial charge in [-0.25, -0.2) is 0 Å². The van der Waals surface area contributed by atoms with Gasteiger partial charge in [-0.05, 0) is 24.3 Å². The van der Waals surface area contributed by atoms with E-state index in [-0.39, 0.29) is 11.7 Å². The van der Waals surface area contributed by atoms with Gasteiger partial charge in [0.1, 0.15) is 5.75 Å². The molecule has 1 aromatic carbocycles. The van der Waals surface area contributed by atoms with Gasteiger partial charge < -0.3 is 9.64 Å². The lowest BCUT2D eigenvalue weighted by molar-refractivity contribution is -0.0498. The van der Waals surface area contributed by atoms with Crippen molar-refractivity contribution in [1.82, 2.24) is 9.80 Å². The zero-order valence-electron chi connectivity index (χ0n) is 11.5. The molecule has 0 saturated carbocycles. The second-order valence-electron chi connectivity index (χ2n) is 4.73. The molecule has 7 heteroatoms. The molecule has 21 heavy (non-hydrogen) atoms. The number of hydrogen-bond acceptors (Lipinski definition) is 3. The van der Waals surface area contributed by atoms with E-state index in [4.69, 9.17) is 0 Å². The molecule has 0 radical (unpaired) electrons. The van der Waals surface area contributed by atoms with Crippen molar-refractivity contribution in [3.8, 4) is 5.75 Å². The van der Waals surface area contributed by atoms with Crippen LogP contribution in [0, 0.1) is 0 Å². The summed E-state index contributed by atoms with van der Waals surface area (Å²) >= 11 is 3.40. The molecule has 116 valence electrons. The van der Waals surface area contributed by atoms with Gasteiger partial charge in [-0.15, -0.1) is 0 Å². The Morgan fingerprint density at radius 2 is 1.81 bits per heavy atom. The van der Waals surface area contributed by atoms with Crippen LogP contribution in [-0.4, -0.2) is 60.4 Å². The third-order valence-corrected chi connectivity index (χ3v) is 3.74. The smallest absolute Gasteiger partial charge is 0.387 e. The normalized spacial score (nSPS) is 16.3. The van der Waals surface area contributed by atoms with Crippen molar-refractivity contribution in [3.63, 3.8) is 0 Å². The molecule has 2 rings (SSSR count). The third-order valence-electron chi connectivity index (χ3n) is 3.39. The van der Waals surface area contributed by atoms with Crippen molar-refractivity contribution < 1.29 is 18.3 Å². The largest absolute Gasteiger partial charge is 0.435 e. The van der Waals surface area contributed by atoms with Crippen LogP contribution in [0.4, 0.5) is 8.78 Å². The highest BCUT2D eigenvalue weighted by atomic mass is 79.9. The predicted molar refractivity (Wildman–Crippen MR) is 79.2 cm³/mol. The Kier molecular flexibility index (Phi) is 5.93. The summed E-state index contributed by atoms with van der Waals surface area (Å²) in [4.78, 5) is 16.4. The molecule has 1 amide bonds. The molecule has 1 saturated heterocycles. The summed E-state index contributed by atoms with van der Waals surface area (Å²) in [6.07, 6.45) is 0. The monoisotopic (exact) mass is 362 g/mol. The first-order chi connectivity index (χ1) is 10.1.